The highest BCUT2D eigenvalue weighted by molar-refractivity contribution is 6.20. The van der Waals surface area contributed by atoms with Crippen molar-refractivity contribution < 1.29 is 8.83 Å². The van der Waals surface area contributed by atoms with Gasteiger partial charge in [-0.2, -0.15) is 0 Å². The van der Waals surface area contributed by atoms with Crippen molar-refractivity contribution in [3.8, 4) is 22.3 Å². The number of nitrogens with zero attached hydrogens (tertiary/aromatic N) is 1. The summed E-state index contributed by atoms with van der Waals surface area (Å²) in [6.07, 6.45) is 0. The van der Waals surface area contributed by atoms with E-state index < -0.39 is 0 Å². The van der Waals surface area contributed by atoms with Crippen LogP contribution in [0.2, 0.25) is 0 Å². The molecule has 2 aromatic heterocycles. The third-order valence-electron chi connectivity index (χ3n) is 11.2. The Hall–Kier alpha value is -6.58. The average molecular weight is 668 g/mol. The largest absolute Gasteiger partial charge is 0.456 e. The van der Waals surface area contributed by atoms with Crippen LogP contribution in [0, 0.1) is 0 Å². The van der Waals surface area contributed by atoms with E-state index in [0.29, 0.717) is 0 Å². The zero-order valence-electron chi connectivity index (χ0n) is 28.9. The third kappa shape index (κ3) is 4.02. The van der Waals surface area contributed by atoms with Crippen LogP contribution in [0.25, 0.3) is 76.9 Å². The highest BCUT2D eigenvalue weighted by Gasteiger charge is 2.39. The van der Waals surface area contributed by atoms with E-state index in [1.165, 1.54) is 27.6 Å². The van der Waals surface area contributed by atoms with Crippen LogP contribution < -0.4 is 4.90 Å². The fourth-order valence-corrected chi connectivity index (χ4v) is 8.94. The summed E-state index contributed by atoms with van der Waals surface area (Å²) in [6, 6.07) is 58.8. The van der Waals surface area contributed by atoms with Gasteiger partial charge in [0.1, 0.15) is 22.3 Å². The molecule has 0 fully saturated rings. The van der Waals surface area contributed by atoms with Crippen molar-refractivity contribution in [2.45, 2.75) is 19.3 Å². The number of rotatable bonds is 4. The number of fused-ring (bicyclic) bond motifs is 11. The van der Waals surface area contributed by atoms with Gasteiger partial charge in [-0.3, -0.25) is 0 Å². The molecule has 52 heavy (non-hydrogen) atoms. The monoisotopic (exact) mass is 667 g/mol. The zero-order valence-corrected chi connectivity index (χ0v) is 28.9. The topological polar surface area (TPSA) is 29.5 Å². The molecule has 0 radical (unpaired) electrons. The molecule has 0 N–H and O–H groups in total. The summed E-state index contributed by atoms with van der Waals surface area (Å²) in [5.41, 5.74) is 14.2. The lowest BCUT2D eigenvalue weighted by atomic mass is 9.81. The fourth-order valence-electron chi connectivity index (χ4n) is 8.94. The summed E-state index contributed by atoms with van der Waals surface area (Å²) in [5, 5.41) is 6.75. The smallest absolute Gasteiger partial charge is 0.143 e. The molecule has 246 valence electrons. The minimum Gasteiger partial charge on any atom is -0.456 e. The maximum Gasteiger partial charge on any atom is 0.143 e. The number of furan rings is 2. The molecule has 0 unspecified atom stereocenters. The first-order valence-electron chi connectivity index (χ1n) is 17.9. The summed E-state index contributed by atoms with van der Waals surface area (Å²) in [6.45, 7) is 4.72. The van der Waals surface area contributed by atoms with Crippen LogP contribution >= 0.6 is 0 Å². The van der Waals surface area contributed by atoms with Crippen molar-refractivity contribution in [1.82, 2.24) is 0 Å². The lowest BCUT2D eigenvalue weighted by Gasteiger charge is -2.33. The number of para-hydroxylation sites is 2. The first-order valence-corrected chi connectivity index (χ1v) is 17.9. The maximum absolute atomic E-state index is 6.68. The Bertz CT molecular complexity index is 3070. The van der Waals surface area contributed by atoms with Crippen molar-refractivity contribution >= 4 is 71.7 Å². The summed E-state index contributed by atoms with van der Waals surface area (Å²) < 4.78 is 13.0. The van der Waals surface area contributed by atoms with Crippen molar-refractivity contribution in [3.05, 3.63) is 175 Å². The Labute approximate surface area is 301 Å². The quantitative estimate of drug-likeness (QED) is 0.187. The molecule has 0 saturated heterocycles. The molecule has 0 atom stereocenters. The lowest BCUT2D eigenvalue weighted by Crippen LogP contribution is -2.21. The molecule has 10 aromatic rings. The van der Waals surface area contributed by atoms with Gasteiger partial charge in [0.15, 0.2) is 0 Å². The van der Waals surface area contributed by atoms with Crippen LogP contribution in [0.5, 0.6) is 0 Å². The van der Waals surface area contributed by atoms with Gasteiger partial charge in [-0.25, -0.2) is 0 Å². The minimum absolute atomic E-state index is 0.218. The summed E-state index contributed by atoms with van der Waals surface area (Å²) in [4.78, 5) is 2.47. The first kappa shape index (κ1) is 29.2. The van der Waals surface area contributed by atoms with Gasteiger partial charge in [-0.05, 0) is 81.7 Å². The average Bonchev–Trinajstić information content (AvgIpc) is 3.83. The second-order valence-corrected chi connectivity index (χ2v) is 14.4. The molecule has 8 aromatic carbocycles. The van der Waals surface area contributed by atoms with Gasteiger partial charge in [0.2, 0.25) is 0 Å². The molecule has 0 bridgehead atoms. The molecule has 11 rings (SSSR count). The molecule has 1 aliphatic carbocycles. The van der Waals surface area contributed by atoms with Crippen molar-refractivity contribution in [2.75, 3.05) is 4.90 Å². The standard InChI is InChI=1S/C49H33NO2/c1-49(2)40-20-8-5-15-33(40)37-19-11-22-42(47(37)49)50(31-26-28-44-39(29-31)35-17-7-10-23-43(35)51-44)41-21-9-6-16-34(41)36-18-12-24-45-46(36)38-27-25-30-13-3-4-14-32(30)48(38)52-45/h3-29H,1-2H3. The van der Waals surface area contributed by atoms with Crippen LogP contribution in [0.3, 0.4) is 0 Å². The van der Waals surface area contributed by atoms with Crippen LogP contribution in [0.4, 0.5) is 17.1 Å². The number of anilines is 3. The van der Waals surface area contributed by atoms with E-state index in [2.05, 4.69) is 170 Å². The number of hydrogen-bond donors (Lipinski definition) is 0. The van der Waals surface area contributed by atoms with Crippen LogP contribution in [0.1, 0.15) is 25.0 Å². The molecule has 3 nitrogen and oxygen atoms in total. The highest BCUT2D eigenvalue weighted by Crippen LogP contribution is 2.55. The third-order valence-corrected chi connectivity index (χ3v) is 11.2. The van der Waals surface area contributed by atoms with Crippen molar-refractivity contribution in [3.63, 3.8) is 0 Å². The second-order valence-electron chi connectivity index (χ2n) is 14.4. The van der Waals surface area contributed by atoms with Gasteiger partial charge >= 0.3 is 0 Å². The fraction of sp³-hybridized carbons (Fsp3) is 0.0612. The Morgan fingerprint density at radius 1 is 0.442 bits per heavy atom. The summed E-state index contributed by atoms with van der Waals surface area (Å²) in [7, 11) is 0. The van der Waals surface area contributed by atoms with Crippen LogP contribution in [-0.2, 0) is 5.41 Å². The molecular weight excluding hydrogens is 635 g/mol. The molecule has 2 heterocycles. The second kappa shape index (κ2) is 10.7. The van der Waals surface area contributed by atoms with Gasteiger partial charge in [-0.1, -0.05) is 129 Å². The lowest BCUT2D eigenvalue weighted by molar-refractivity contribution is 0.660. The number of hydrogen-bond acceptors (Lipinski definition) is 3. The van der Waals surface area contributed by atoms with Crippen LogP contribution in [0.15, 0.2) is 173 Å². The van der Waals surface area contributed by atoms with Gasteiger partial charge in [0.25, 0.3) is 0 Å². The van der Waals surface area contributed by atoms with Crippen molar-refractivity contribution in [2.24, 2.45) is 0 Å². The Kier molecular flexibility index (Phi) is 6.01. The summed E-state index contributed by atoms with van der Waals surface area (Å²) >= 11 is 0. The van der Waals surface area contributed by atoms with E-state index in [4.69, 9.17) is 8.83 Å². The van der Waals surface area contributed by atoms with E-state index >= 15 is 0 Å². The maximum atomic E-state index is 6.68. The van der Waals surface area contributed by atoms with Gasteiger partial charge in [-0.15, -0.1) is 0 Å². The first-order chi connectivity index (χ1) is 25.6. The van der Waals surface area contributed by atoms with Gasteiger partial charge in [0.05, 0.1) is 11.4 Å². The molecular formula is C49H33NO2. The SMILES string of the molecule is CC1(C)c2ccccc2-c2cccc(N(c3ccc4oc5ccccc5c4c3)c3ccccc3-c3cccc4oc5c6ccccc6ccc5c34)c21. The van der Waals surface area contributed by atoms with E-state index in [1.807, 2.05) is 12.1 Å². The Morgan fingerprint density at radius 2 is 1.12 bits per heavy atom. The zero-order chi connectivity index (χ0) is 34.6. The van der Waals surface area contributed by atoms with Gasteiger partial charge < -0.3 is 13.7 Å². The normalized spacial score (nSPS) is 13.3. The van der Waals surface area contributed by atoms with Crippen LogP contribution in [-0.4, -0.2) is 0 Å². The predicted octanol–water partition coefficient (Wildman–Crippen LogP) is 14.1. The predicted molar refractivity (Wildman–Crippen MR) is 216 cm³/mol. The summed E-state index contributed by atoms with van der Waals surface area (Å²) in [5.74, 6) is 0. The van der Waals surface area contributed by atoms with E-state index in [0.717, 1.165) is 77.5 Å². The number of benzene rings is 8. The van der Waals surface area contributed by atoms with E-state index in [9.17, 15) is 0 Å². The molecule has 0 saturated carbocycles. The van der Waals surface area contributed by atoms with Crippen molar-refractivity contribution in [1.29, 1.82) is 0 Å². The van der Waals surface area contributed by atoms with E-state index in [-0.39, 0.29) is 5.41 Å². The van der Waals surface area contributed by atoms with Gasteiger partial charge in [0, 0.05) is 43.6 Å². The Balaban J connectivity index is 1.22. The van der Waals surface area contributed by atoms with E-state index in [1.54, 1.807) is 0 Å². The molecule has 0 spiro atoms. The molecule has 0 amide bonds. The molecule has 0 aliphatic heterocycles. The highest BCUT2D eigenvalue weighted by atomic mass is 16.3. The molecule has 1 aliphatic rings. The minimum atomic E-state index is -0.218. The Morgan fingerprint density at radius 3 is 2.04 bits per heavy atom. The molecule has 3 heteroatoms.